The van der Waals surface area contributed by atoms with E-state index in [1.54, 1.807) is 11.3 Å². The van der Waals surface area contributed by atoms with Gasteiger partial charge in [-0.2, -0.15) is 0 Å². The second kappa shape index (κ2) is 8.96. The minimum Gasteiger partial charge on any atom is -0.342 e. The van der Waals surface area contributed by atoms with Gasteiger partial charge < -0.3 is 15.5 Å². The van der Waals surface area contributed by atoms with Gasteiger partial charge in [0.2, 0.25) is 11.8 Å². The summed E-state index contributed by atoms with van der Waals surface area (Å²) in [6, 6.07) is 0.266. The Morgan fingerprint density at radius 1 is 1.44 bits per heavy atom. The fourth-order valence-electron chi connectivity index (χ4n) is 3.95. The predicted octanol–water partition coefficient (Wildman–Crippen LogP) is 1.60. The van der Waals surface area contributed by atoms with Crippen LogP contribution in [-0.4, -0.2) is 58.8 Å². The summed E-state index contributed by atoms with van der Waals surface area (Å²) in [4.78, 5) is 34.1. The first kappa shape index (κ1) is 20.1. The molecule has 0 spiro atoms. The average molecular weight is 387 g/mol. The summed E-state index contributed by atoms with van der Waals surface area (Å²) in [6.45, 7) is 4.66. The molecular weight excluding hydrogens is 360 g/mol. The highest BCUT2D eigenvalue weighted by Crippen LogP contribution is 2.31. The summed E-state index contributed by atoms with van der Waals surface area (Å²) < 4.78 is 0. The first-order chi connectivity index (χ1) is 11.6. The number of aryl methyl sites for hydroxylation is 2. The number of amides is 2. The predicted molar refractivity (Wildman–Crippen MR) is 101 cm³/mol. The molecule has 2 atom stereocenters. The molecule has 0 aromatic carbocycles. The van der Waals surface area contributed by atoms with E-state index in [-0.39, 0.29) is 30.3 Å². The molecule has 2 aliphatic rings. The Labute approximate surface area is 159 Å². The van der Waals surface area contributed by atoms with Crippen molar-refractivity contribution in [2.45, 2.75) is 45.1 Å². The van der Waals surface area contributed by atoms with Crippen molar-refractivity contribution in [1.29, 1.82) is 0 Å². The number of nitrogens with two attached hydrogens (primary N) is 1. The summed E-state index contributed by atoms with van der Waals surface area (Å²) in [6.07, 6.45) is 3.68. The highest BCUT2D eigenvalue weighted by atomic mass is 35.5. The van der Waals surface area contributed by atoms with Gasteiger partial charge in [0.15, 0.2) is 0 Å². The van der Waals surface area contributed by atoms with E-state index < -0.39 is 0 Å². The van der Waals surface area contributed by atoms with Crippen molar-refractivity contribution in [3.8, 4) is 0 Å². The second-order valence-corrected chi connectivity index (χ2v) is 7.67. The van der Waals surface area contributed by atoms with E-state index in [0.29, 0.717) is 31.8 Å². The van der Waals surface area contributed by atoms with Crippen molar-refractivity contribution in [3.05, 3.63) is 16.1 Å². The van der Waals surface area contributed by atoms with Crippen LogP contribution in [0.1, 0.15) is 36.3 Å². The Balaban J connectivity index is 0.00000225. The van der Waals surface area contributed by atoms with E-state index >= 15 is 0 Å². The van der Waals surface area contributed by atoms with Gasteiger partial charge in [-0.1, -0.05) is 0 Å². The fourth-order valence-corrected chi connectivity index (χ4v) is 4.73. The Morgan fingerprint density at radius 3 is 2.92 bits per heavy atom. The minimum absolute atomic E-state index is 0. The van der Waals surface area contributed by atoms with Crippen molar-refractivity contribution in [1.82, 2.24) is 14.8 Å². The lowest BCUT2D eigenvalue weighted by Crippen LogP contribution is -2.57. The third-order valence-corrected chi connectivity index (χ3v) is 6.27. The molecule has 6 nitrogen and oxygen atoms in total. The van der Waals surface area contributed by atoms with Crippen LogP contribution in [0.15, 0.2) is 5.51 Å². The molecule has 25 heavy (non-hydrogen) atoms. The van der Waals surface area contributed by atoms with Gasteiger partial charge in [-0.3, -0.25) is 9.59 Å². The third kappa shape index (κ3) is 4.51. The second-order valence-electron chi connectivity index (χ2n) is 6.73. The number of nitrogens with zero attached hydrogens (tertiary/aromatic N) is 3. The number of halogens is 1. The highest BCUT2D eigenvalue weighted by molar-refractivity contribution is 7.09. The smallest absolute Gasteiger partial charge is 0.222 e. The molecule has 0 bridgehead atoms. The summed E-state index contributed by atoms with van der Waals surface area (Å²) in [5, 5.41) is 0. The molecule has 0 radical (unpaired) electrons. The lowest BCUT2D eigenvalue weighted by Gasteiger charge is -2.47. The molecule has 140 valence electrons. The van der Waals surface area contributed by atoms with Gasteiger partial charge in [-0.15, -0.1) is 23.7 Å². The first-order valence-corrected chi connectivity index (χ1v) is 9.64. The van der Waals surface area contributed by atoms with Crippen molar-refractivity contribution in [2.24, 2.45) is 11.7 Å². The molecule has 2 N–H and O–H groups in total. The molecule has 0 unspecified atom stereocenters. The number of carbonyl (C=O) groups excluding carboxylic acids is 2. The van der Waals surface area contributed by atoms with Crippen molar-refractivity contribution >= 4 is 35.6 Å². The van der Waals surface area contributed by atoms with Gasteiger partial charge in [-0.05, 0) is 32.1 Å². The molecule has 8 heteroatoms. The van der Waals surface area contributed by atoms with Crippen LogP contribution < -0.4 is 5.73 Å². The van der Waals surface area contributed by atoms with Crippen molar-refractivity contribution in [3.63, 3.8) is 0 Å². The van der Waals surface area contributed by atoms with Crippen LogP contribution in [0.3, 0.4) is 0 Å². The van der Waals surface area contributed by atoms with Gasteiger partial charge >= 0.3 is 0 Å². The monoisotopic (exact) mass is 386 g/mol. The van der Waals surface area contributed by atoms with Gasteiger partial charge in [0.05, 0.1) is 11.2 Å². The summed E-state index contributed by atoms with van der Waals surface area (Å²) in [5.41, 5.74) is 8.53. The summed E-state index contributed by atoms with van der Waals surface area (Å²) in [5.74, 6) is 0.850. The normalized spacial score (nSPS) is 23.2. The van der Waals surface area contributed by atoms with E-state index in [1.165, 1.54) is 4.88 Å². The molecule has 2 saturated heterocycles. The van der Waals surface area contributed by atoms with Gasteiger partial charge in [-0.25, -0.2) is 4.98 Å². The minimum atomic E-state index is 0. The lowest BCUT2D eigenvalue weighted by atomic mass is 9.83. The number of fused-ring (bicyclic) bond motifs is 1. The molecule has 3 rings (SSSR count). The van der Waals surface area contributed by atoms with Gasteiger partial charge in [0.1, 0.15) is 0 Å². The van der Waals surface area contributed by atoms with Crippen LogP contribution in [0, 0.1) is 12.8 Å². The molecule has 1 aromatic heterocycles. The molecule has 3 heterocycles. The quantitative estimate of drug-likeness (QED) is 0.833. The zero-order valence-corrected chi connectivity index (χ0v) is 16.3. The number of thiazole rings is 1. The van der Waals surface area contributed by atoms with E-state index in [1.807, 2.05) is 22.2 Å². The number of aromatic nitrogens is 1. The average Bonchev–Trinajstić information content (AvgIpc) is 3.00. The summed E-state index contributed by atoms with van der Waals surface area (Å²) >= 11 is 1.62. The maximum Gasteiger partial charge on any atom is 0.222 e. The summed E-state index contributed by atoms with van der Waals surface area (Å²) in [7, 11) is 0. The van der Waals surface area contributed by atoms with E-state index in [4.69, 9.17) is 5.73 Å². The van der Waals surface area contributed by atoms with Crippen LogP contribution in [0.25, 0.3) is 0 Å². The molecule has 1 aromatic rings. The molecule has 0 aliphatic carbocycles. The largest absolute Gasteiger partial charge is 0.342 e. The Hall–Kier alpha value is -1.18. The molecule has 2 amide bonds. The number of rotatable bonds is 5. The van der Waals surface area contributed by atoms with E-state index in [2.05, 4.69) is 4.98 Å². The SMILES string of the molecule is Cc1ncsc1CCC(=O)N1CC[C@@H]2[C@@H](CCC(=O)N2CCN)C1.Cl. The molecule has 2 aliphatic heterocycles. The zero-order valence-electron chi connectivity index (χ0n) is 14.6. The Kier molecular flexibility index (Phi) is 7.22. The Bertz CT molecular complexity index is 609. The van der Waals surface area contributed by atoms with Crippen LogP contribution in [-0.2, 0) is 16.0 Å². The van der Waals surface area contributed by atoms with Gasteiger partial charge in [0.25, 0.3) is 0 Å². The Morgan fingerprint density at radius 2 is 2.24 bits per heavy atom. The van der Waals surface area contributed by atoms with Crippen LogP contribution in [0.2, 0.25) is 0 Å². The van der Waals surface area contributed by atoms with Crippen molar-refractivity contribution in [2.75, 3.05) is 26.2 Å². The van der Waals surface area contributed by atoms with Gasteiger partial charge in [0, 0.05) is 49.9 Å². The topological polar surface area (TPSA) is 79.5 Å². The van der Waals surface area contributed by atoms with E-state index in [0.717, 1.165) is 38.0 Å². The molecule has 0 saturated carbocycles. The van der Waals surface area contributed by atoms with Crippen LogP contribution in [0.4, 0.5) is 0 Å². The molecule has 2 fully saturated rings. The third-order valence-electron chi connectivity index (χ3n) is 5.28. The number of likely N-dealkylation sites (tertiary alicyclic amines) is 2. The first-order valence-electron chi connectivity index (χ1n) is 8.76. The number of hydrogen-bond donors (Lipinski definition) is 1. The lowest BCUT2D eigenvalue weighted by molar-refractivity contribution is -0.144. The van der Waals surface area contributed by atoms with Crippen LogP contribution in [0.5, 0.6) is 0 Å². The number of carbonyl (C=O) groups is 2. The van der Waals surface area contributed by atoms with Crippen molar-refractivity contribution < 1.29 is 9.59 Å². The maximum atomic E-state index is 12.6. The standard InChI is InChI=1S/C17H26N4O2S.ClH/c1-12-15(24-11-19-12)3-5-16(22)20-8-6-14-13(10-20)2-4-17(23)21(14)9-7-18;/h11,13-14H,2-10,18H2,1H3;1H/t13-,14+;/m0./s1. The van der Waals surface area contributed by atoms with E-state index in [9.17, 15) is 9.59 Å². The maximum absolute atomic E-state index is 12.6. The number of piperidine rings is 2. The highest BCUT2D eigenvalue weighted by Gasteiger charge is 2.39. The molecular formula is C17H27ClN4O2S. The number of hydrogen-bond acceptors (Lipinski definition) is 5. The van der Waals surface area contributed by atoms with Crippen LogP contribution >= 0.6 is 23.7 Å². The fraction of sp³-hybridized carbons (Fsp3) is 0.706. The zero-order chi connectivity index (χ0) is 17.1.